The average Bonchev–Trinajstić information content (AvgIpc) is 2.16. The van der Waals surface area contributed by atoms with Gasteiger partial charge in [0.25, 0.3) is 0 Å². The summed E-state index contributed by atoms with van der Waals surface area (Å²) in [5, 5.41) is 0. The first kappa shape index (κ1) is 10.2. The molecule has 0 radical (unpaired) electrons. The average molecular weight is 194 g/mol. The molecule has 0 bridgehead atoms. The van der Waals surface area contributed by atoms with Crippen LogP contribution >= 0.6 is 0 Å². The number of nitrogens with zero attached hydrogens (tertiary/aromatic N) is 1. The summed E-state index contributed by atoms with van der Waals surface area (Å²) >= 11 is 0. The Hall–Kier alpha value is -1.91. The highest BCUT2D eigenvalue weighted by Crippen LogP contribution is 2.14. The summed E-state index contributed by atoms with van der Waals surface area (Å²) < 4.78 is 0. The summed E-state index contributed by atoms with van der Waals surface area (Å²) in [5.74, 6) is 0. The molecule has 5 nitrogen and oxygen atoms in total. The molecule has 0 aliphatic carbocycles. The summed E-state index contributed by atoms with van der Waals surface area (Å²) in [5.41, 5.74) is 12.2. The molecule has 0 unspecified atom stereocenters. The number of urea groups is 1. The molecule has 1 rings (SSSR count). The Morgan fingerprint density at radius 2 is 2.00 bits per heavy atom. The van der Waals surface area contributed by atoms with Crippen LogP contribution in [0.3, 0.4) is 0 Å². The Bertz CT molecular complexity index is 324. The highest BCUT2D eigenvalue weighted by molar-refractivity contribution is 5.76. The van der Waals surface area contributed by atoms with E-state index in [9.17, 15) is 4.79 Å². The zero-order valence-electron chi connectivity index (χ0n) is 8.24. The van der Waals surface area contributed by atoms with Gasteiger partial charge in [0.05, 0.1) is 11.4 Å². The number of rotatable bonds is 2. The zero-order valence-corrected chi connectivity index (χ0v) is 8.24. The molecule has 0 saturated carbocycles. The van der Waals surface area contributed by atoms with Crippen LogP contribution < -0.4 is 16.6 Å². The second-order valence-electron chi connectivity index (χ2n) is 3.04. The Morgan fingerprint density at radius 1 is 1.36 bits per heavy atom. The van der Waals surface area contributed by atoms with Gasteiger partial charge in [-0.3, -0.25) is 10.9 Å². The Kier molecular flexibility index (Phi) is 3.17. The maximum atomic E-state index is 11.1. The van der Waals surface area contributed by atoms with Crippen molar-refractivity contribution < 1.29 is 4.79 Å². The number of amides is 2. The number of hydrogen-bond donors (Lipinski definition) is 3. The highest BCUT2D eigenvalue weighted by Gasteiger charge is 2.02. The van der Waals surface area contributed by atoms with Crippen LogP contribution in [0.15, 0.2) is 24.3 Å². The van der Waals surface area contributed by atoms with E-state index in [1.807, 2.05) is 12.1 Å². The first-order valence-corrected chi connectivity index (χ1v) is 4.19. The van der Waals surface area contributed by atoms with Gasteiger partial charge in [0.1, 0.15) is 0 Å². The lowest BCUT2D eigenvalue weighted by molar-refractivity contribution is 0.219. The summed E-state index contributed by atoms with van der Waals surface area (Å²) in [4.78, 5) is 12.6. The summed E-state index contributed by atoms with van der Waals surface area (Å²) in [7, 11) is 3.32. The number of carbonyl (C=O) groups excluding carboxylic acids is 1. The second-order valence-corrected chi connectivity index (χ2v) is 3.04. The molecule has 76 valence electrons. The molecule has 2 amide bonds. The third-order valence-electron chi connectivity index (χ3n) is 1.67. The minimum atomic E-state index is -0.228. The van der Waals surface area contributed by atoms with Crippen molar-refractivity contribution >= 4 is 17.4 Å². The van der Waals surface area contributed by atoms with Gasteiger partial charge in [-0.05, 0) is 12.1 Å². The molecule has 14 heavy (non-hydrogen) atoms. The van der Waals surface area contributed by atoms with Crippen molar-refractivity contribution in [3.05, 3.63) is 24.3 Å². The number of hydrazine groups is 1. The van der Waals surface area contributed by atoms with E-state index in [1.165, 1.54) is 4.90 Å². The monoisotopic (exact) mass is 194 g/mol. The smallest absolute Gasteiger partial charge is 0.335 e. The van der Waals surface area contributed by atoms with E-state index in [0.717, 1.165) is 0 Å². The molecule has 0 aliphatic heterocycles. The van der Waals surface area contributed by atoms with Gasteiger partial charge in [0.15, 0.2) is 0 Å². The van der Waals surface area contributed by atoms with Crippen LogP contribution in [0.1, 0.15) is 0 Å². The van der Waals surface area contributed by atoms with Crippen LogP contribution in [0, 0.1) is 0 Å². The van der Waals surface area contributed by atoms with Crippen LogP contribution in [-0.2, 0) is 0 Å². The van der Waals surface area contributed by atoms with Gasteiger partial charge >= 0.3 is 6.03 Å². The molecule has 0 fully saturated rings. The quantitative estimate of drug-likeness (QED) is 0.483. The van der Waals surface area contributed by atoms with E-state index >= 15 is 0 Å². The molecule has 0 spiro atoms. The van der Waals surface area contributed by atoms with Gasteiger partial charge in [0.2, 0.25) is 0 Å². The molecular formula is C9H14N4O. The molecule has 0 heterocycles. The first-order valence-electron chi connectivity index (χ1n) is 4.19. The fourth-order valence-corrected chi connectivity index (χ4v) is 0.843. The number of nitrogen functional groups attached to an aromatic ring is 1. The summed E-state index contributed by atoms with van der Waals surface area (Å²) in [6.07, 6.45) is 0. The molecule has 0 saturated heterocycles. The van der Waals surface area contributed by atoms with Gasteiger partial charge in [0, 0.05) is 14.1 Å². The molecule has 0 aromatic heterocycles. The van der Waals surface area contributed by atoms with Crippen molar-refractivity contribution in [2.24, 2.45) is 0 Å². The normalized spacial score (nSPS) is 9.29. The number of para-hydroxylation sites is 2. The third kappa shape index (κ3) is 2.55. The van der Waals surface area contributed by atoms with E-state index in [0.29, 0.717) is 11.4 Å². The molecule has 1 aromatic rings. The topological polar surface area (TPSA) is 70.4 Å². The van der Waals surface area contributed by atoms with Crippen molar-refractivity contribution in [3.63, 3.8) is 0 Å². The highest BCUT2D eigenvalue weighted by atomic mass is 16.2. The maximum absolute atomic E-state index is 11.1. The van der Waals surface area contributed by atoms with Crippen molar-refractivity contribution in [1.29, 1.82) is 0 Å². The number of nitrogens with two attached hydrogens (primary N) is 1. The Morgan fingerprint density at radius 3 is 2.57 bits per heavy atom. The Labute approximate surface area is 82.9 Å². The van der Waals surface area contributed by atoms with E-state index in [2.05, 4.69) is 10.9 Å². The van der Waals surface area contributed by atoms with Crippen LogP contribution in [0.25, 0.3) is 0 Å². The molecule has 1 aromatic carbocycles. The third-order valence-corrected chi connectivity index (χ3v) is 1.67. The van der Waals surface area contributed by atoms with Gasteiger partial charge < -0.3 is 10.6 Å². The fraction of sp³-hybridized carbons (Fsp3) is 0.222. The maximum Gasteiger partial charge on any atom is 0.335 e. The van der Waals surface area contributed by atoms with Crippen LogP contribution in [0.2, 0.25) is 0 Å². The van der Waals surface area contributed by atoms with Crippen molar-refractivity contribution in [2.45, 2.75) is 0 Å². The van der Waals surface area contributed by atoms with Gasteiger partial charge in [-0.15, -0.1) is 0 Å². The standard InChI is InChI=1S/C9H14N4O/c1-13(2)9(14)12-11-8-6-4-3-5-7(8)10/h3-6,11H,10H2,1-2H3,(H,12,14). The zero-order chi connectivity index (χ0) is 10.6. The summed E-state index contributed by atoms with van der Waals surface area (Å²) in [6.45, 7) is 0. The van der Waals surface area contributed by atoms with Crippen LogP contribution in [-0.4, -0.2) is 25.0 Å². The predicted octanol–water partition coefficient (Wildman–Crippen LogP) is 0.867. The Balaban J connectivity index is 2.54. The second kappa shape index (κ2) is 4.36. The van der Waals surface area contributed by atoms with Crippen molar-refractivity contribution in [1.82, 2.24) is 10.3 Å². The number of nitrogens with one attached hydrogen (secondary N) is 2. The lowest BCUT2D eigenvalue weighted by Gasteiger charge is -2.14. The van der Waals surface area contributed by atoms with E-state index in [4.69, 9.17) is 5.73 Å². The number of anilines is 2. The molecule has 4 N–H and O–H groups in total. The van der Waals surface area contributed by atoms with E-state index in [-0.39, 0.29) is 6.03 Å². The van der Waals surface area contributed by atoms with Crippen LogP contribution in [0.4, 0.5) is 16.2 Å². The molecule has 0 atom stereocenters. The largest absolute Gasteiger partial charge is 0.397 e. The van der Waals surface area contributed by atoms with Gasteiger partial charge in [-0.1, -0.05) is 12.1 Å². The minimum Gasteiger partial charge on any atom is -0.397 e. The SMILES string of the molecule is CN(C)C(=O)NNc1ccccc1N. The first-order chi connectivity index (χ1) is 6.61. The van der Waals surface area contributed by atoms with E-state index in [1.54, 1.807) is 26.2 Å². The predicted molar refractivity (Wildman–Crippen MR) is 56.7 cm³/mol. The van der Waals surface area contributed by atoms with Gasteiger partial charge in [-0.2, -0.15) is 0 Å². The van der Waals surface area contributed by atoms with Crippen molar-refractivity contribution in [2.75, 3.05) is 25.3 Å². The minimum absolute atomic E-state index is 0.228. The van der Waals surface area contributed by atoms with Crippen LogP contribution in [0.5, 0.6) is 0 Å². The molecule has 5 heteroatoms. The summed E-state index contributed by atoms with van der Waals surface area (Å²) in [6, 6.07) is 6.97. The number of hydrogen-bond acceptors (Lipinski definition) is 3. The lowest BCUT2D eigenvalue weighted by atomic mass is 10.3. The number of carbonyl (C=O) groups is 1. The fourth-order valence-electron chi connectivity index (χ4n) is 0.843. The van der Waals surface area contributed by atoms with E-state index < -0.39 is 0 Å². The molecular weight excluding hydrogens is 180 g/mol. The molecule has 0 aliphatic rings. The lowest BCUT2D eigenvalue weighted by Crippen LogP contribution is -2.38. The number of benzene rings is 1. The van der Waals surface area contributed by atoms with Crippen molar-refractivity contribution in [3.8, 4) is 0 Å². The van der Waals surface area contributed by atoms with Gasteiger partial charge in [-0.25, -0.2) is 4.79 Å².